The van der Waals surface area contributed by atoms with Gasteiger partial charge < -0.3 is 20.3 Å². The van der Waals surface area contributed by atoms with Gasteiger partial charge in [-0.25, -0.2) is 9.59 Å². The Bertz CT molecular complexity index is 524. The van der Waals surface area contributed by atoms with E-state index in [1.165, 1.54) is 0 Å². The van der Waals surface area contributed by atoms with Crippen LogP contribution in [0, 0.1) is 6.92 Å². The maximum atomic E-state index is 12.5. The minimum atomic E-state index is -1.07. The van der Waals surface area contributed by atoms with E-state index < -0.39 is 5.97 Å². The molecule has 2 rings (SSSR count). The van der Waals surface area contributed by atoms with Crippen LogP contribution >= 0.6 is 0 Å². The second kappa shape index (κ2) is 6.65. The van der Waals surface area contributed by atoms with Gasteiger partial charge in [0, 0.05) is 18.3 Å². The molecule has 116 valence electrons. The Kier molecular flexibility index (Phi) is 4.88. The van der Waals surface area contributed by atoms with Crippen LogP contribution in [0.4, 0.5) is 10.5 Å². The quantitative estimate of drug-likeness (QED) is 0.800. The van der Waals surface area contributed by atoms with E-state index in [4.69, 9.17) is 5.11 Å². The summed E-state index contributed by atoms with van der Waals surface area (Å²) in [6, 6.07) is 1.69. The molecule has 1 aliphatic heterocycles. The number of aromatic amines is 1. The highest BCUT2D eigenvalue weighted by Crippen LogP contribution is 2.22. The molecule has 0 bridgehead atoms. The highest BCUT2D eigenvalue weighted by atomic mass is 16.4. The van der Waals surface area contributed by atoms with Gasteiger partial charge in [-0.1, -0.05) is 19.8 Å². The molecule has 0 aromatic carbocycles. The van der Waals surface area contributed by atoms with Gasteiger partial charge in [0.2, 0.25) is 0 Å². The fourth-order valence-electron chi connectivity index (χ4n) is 2.91. The summed E-state index contributed by atoms with van der Waals surface area (Å²) in [7, 11) is 0. The van der Waals surface area contributed by atoms with Crippen molar-refractivity contribution in [3.63, 3.8) is 0 Å². The van der Waals surface area contributed by atoms with Crippen molar-refractivity contribution in [3.8, 4) is 0 Å². The van der Waals surface area contributed by atoms with E-state index in [0.29, 0.717) is 11.4 Å². The summed E-state index contributed by atoms with van der Waals surface area (Å²) in [5.74, 6) is -1.07. The lowest BCUT2D eigenvalue weighted by Crippen LogP contribution is -2.42. The standard InChI is InChI=1S/C15H23N3O3/c1-3-11-7-5-4-6-8-18(11)15(21)17-12-9-10(2)16-13(12)14(19)20/h9,11,16H,3-8H2,1-2H3,(H,17,21)(H,19,20). The average molecular weight is 293 g/mol. The molecule has 0 radical (unpaired) electrons. The second-order valence-electron chi connectivity index (χ2n) is 5.58. The van der Waals surface area contributed by atoms with Crippen LogP contribution in [-0.4, -0.2) is 39.6 Å². The lowest BCUT2D eigenvalue weighted by Gasteiger charge is -2.29. The molecule has 1 atom stereocenters. The first-order valence-electron chi connectivity index (χ1n) is 7.53. The zero-order chi connectivity index (χ0) is 15.4. The van der Waals surface area contributed by atoms with Crippen LogP contribution in [0.3, 0.4) is 0 Å². The summed E-state index contributed by atoms with van der Waals surface area (Å²) in [6.07, 6.45) is 5.23. The largest absolute Gasteiger partial charge is 0.477 e. The maximum absolute atomic E-state index is 12.5. The van der Waals surface area contributed by atoms with Gasteiger partial charge in [-0.3, -0.25) is 0 Å². The van der Waals surface area contributed by atoms with Gasteiger partial charge in [-0.05, 0) is 32.3 Å². The van der Waals surface area contributed by atoms with E-state index in [-0.39, 0.29) is 17.8 Å². The van der Waals surface area contributed by atoms with Crippen molar-refractivity contribution in [2.24, 2.45) is 0 Å². The summed E-state index contributed by atoms with van der Waals surface area (Å²) in [5, 5.41) is 11.9. The van der Waals surface area contributed by atoms with E-state index in [9.17, 15) is 9.59 Å². The molecule has 1 unspecified atom stereocenters. The molecule has 1 saturated heterocycles. The van der Waals surface area contributed by atoms with Gasteiger partial charge in [-0.2, -0.15) is 0 Å². The summed E-state index contributed by atoms with van der Waals surface area (Å²) < 4.78 is 0. The van der Waals surface area contributed by atoms with Gasteiger partial charge in [0.15, 0.2) is 0 Å². The molecule has 1 aliphatic rings. The normalized spacial score (nSPS) is 19.1. The third-order valence-corrected chi connectivity index (χ3v) is 4.02. The summed E-state index contributed by atoms with van der Waals surface area (Å²) >= 11 is 0. The molecule has 1 fully saturated rings. The Hall–Kier alpha value is -1.98. The smallest absolute Gasteiger partial charge is 0.354 e. The summed E-state index contributed by atoms with van der Waals surface area (Å²) in [4.78, 5) is 28.3. The van der Waals surface area contributed by atoms with Crippen molar-refractivity contribution >= 4 is 17.7 Å². The first-order valence-corrected chi connectivity index (χ1v) is 7.53. The number of carboxylic acids is 1. The molecule has 6 nitrogen and oxygen atoms in total. The fourth-order valence-corrected chi connectivity index (χ4v) is 2.91. The number of anilines is 1. The number of likely N-dealkylation sites (tertiary alicyclic amines) is 1. The van der Waals surface area contributed by atoms with Crippen molar-refractivity contribution in [3.05, 3.63) is 17.5 Å². The van der Waals surface area contributed by atoms with Crippen LogP contribution in [0.1, 0.15) is 55.2 Å². The van der Waals surface area contributed by atoms with Gasteiger partial charge in [0.25, 0.3) is 0 Å². The van der Waals surface area contributed by atoms with Crippen LogP contribution in [0.2, 0.25) is 0 Å². The van der Waals surface area contributed by atoms with E-state index in [1.807, 2.05) is 4.90 Å². The lowest BCUT2D eigenvalue weighted by molar-refractivity contribution is 0.0692. The number of carbonyl (C=O) groups is 2. The number of rotatable bonds is 3. The minimum absolute atomic E-state index is 0.0312. The van der Waals surface area contributed by atoms with Crippen molar-refractivity contribution in [1.29, 1.82) is 0 Å². The number of urea groups is 1. The first-order chi connectivity index (χ1) is 10.0. The van der Waals surface area contributed by atoms with Crippen LogP contribution in [0.15, 0.2) is 6.07 Å². The summed E-state index contributed by atoms with van der Waals surface area (Å²) in [5.41, 5.74) is 1.08. The number of hydrogen-bond acceptors (Lipinski definition) is 2. The number of hydrogen-bond donors (Lipinski definition) is 3. The molecule has 2 amide bonds. The predicted molar refractivity (Wildman–Crippen MR) is 80.8 cm³/mol. The van der Waals surface area contributed by atoms with Gasteiger partial charge in [-0.15, -0.1) is 0 Å². The lowest BCUT2D eigenvalue weighted by atomic mass is 10.1. The van der Waals surface area contributed by atoms with Crippen LogP contribution in [0.5, 0.6) is 0 Å². The molecular formula is C15H23N3O3. The Morgan fingerprint density at radius 2 is 2.19 bits per heavy atom. The highest BCUT2D eigenvalue weighted by molar-refractivity contribution is 5.99. The number of carbonyl (C=O) groups excluding carboxylic acids is 1. The monoisotopic (exact) mass is 293 g/mol. The number of H-pyrrole nitrogens is 1. The zero-order valence-corrected chi connectivity index (χ0v) is 12.6. The Labute approximate surface area is 124 Å². The molecule has 21 heavy (non-hydrogen) atoms. The van der Waals surface area contributed by atoms with Crippen molar-refractivity contribution in [2.75, 3.05) is 11.9 Å². The molecule has 1 aromatic heterocycles. The fraction of sp³-hybridized carbons (Fsp3) is 0.600. The highest BCUT2D eigenvalue weighted by Gasteiger charge is 2.25. The first kappa shape index (κ1) is 15.4. The Morgan fingerprint density at radius 1 is 1.43 bits per heavy atom. The van der Waals surface area contributed by atoms with Gasteiger partial charge in [0.05, 0.1) is 5.69 Å². The van der Waals surface area contributed by atoms with E-state index in [2.05, 4.69) is 17.2 Å². The van der Waals surface area contributed by atoms with Crippen molar-refractivity contribution in [2.45, 2.75) is 52.0 Å². The predicted octanol–water partition coefficient (Wildman–Crippen LogP) is 3.21. The zero-order valence-electron chi connectivity index (χ0n) is 12.6. The molecule has 1 aromatic rings. The van der Waals surface area contributed by atoms with Crippen molar-refractivity contribution in [1.82, 2.24) is 9.88 Å². The third kappa shape index (κ3) is 3.56. The molecular weight excluding hydrogens is 270 g/mol. The topological polar surface area (TPSA) is 85.4 Å². The molecule has 0 aliphatic carbocycles. The number of carboxylic acid groups (broad SMARTS) is 1. The Balaban J connectivity index is 2.14. The van der Waals surface area contributed by atoms with E-state index in [0.717, 1.165) is 38.6 Å². The number of aromatic nitrogens is 1. The van der Waals surface area contributed by atoms with Crippen LogP contribution in [-0.2, 0) is 0 Å². The minimum Gasteiger partial charge on any atom is -0.477 e. The maximum Gasteiger partial charge on any atom is 0.354 e. The molecule has 0 saturated carbocycles. The number of nitrogens with one attached hydrogen (secondary N) is 2. The number of amides is 2. The number of nitrogens with zero attached hydrogens (tertiary/aromatic N) is 1. The van der Waals surface area contributed by atoms with Crippen LogP contribution < -0.4 is 5.32 Å². The molecule has 2 heterocycles. The van der Waals surface area contributed by atoms with Crippen LogP contribution in [0.25, 0.3) is 0 Å². The third-order valence-electron chi connectivity index (χ3n) is 4.02. The molecule has 6 heteroatoms. The summed E-state index contributed by atoms with van der Waals surface area (Å²) in [6.45, 7) is 4.58. The Morgan fingerprint density at radius 3 is 2.86 bits per heavy atom. The SMILES string of the molecule is CCC1CCCCCN1C(=O)Nc1cc(C)[nH]c1C(=O)O. The van der Waals surface area contributed by atoms with Gasteiger partial charge in [0.1, 0.15) is 5.69 Å². The van der Waals surface area contributed by atoms with E-state index in [1.54, 1.807) is 13.0 Å². The average Bonchev–Trinajstić information content (AvgIpc) is 2.67. The van der Waals surface area contributed by atoms with Gasteiger partial charge >= 0.3 is 12.0 Å². The number of aryl methyl sites for hydroxylation is 1. The van der Waals surface area contributed by atoms with E-state index >= 15 is 0 Å². The van der Waals surface area contributed by atoms with Crippen molar-refractivity contribution < 1.29 is 14.7 Å². The number of aromatic carboxylic acids is 1. The molecule has 3 N–H and O–H groups in total. The molecule has 0 spiro atoms. The second-order valence-corrected chi connectivity index (χ2v) is 5.58.